The standard InChI is InChI=1S/C26H17ClF2N4O3.ClH/c27-17-3-1-2-14(8-17)11-31-25(35)23(16-6-4-15(5-7-16)21-12-30-13-32-21)33-22-10-20(29)19(28)9-18(22)24(34)26(33)36;/h1-10,12-13,23H,11H2,(H,30,32)(H,31,35);1H. The van der Waals surface area contributed by atoms with Crippen molar-refractivity contribution in [1.29, 1.82) is 0 Å². The summed E-state index contributed by atoms with van der Waals surface area (Å²) >= 11 is 6.02. The van der Waals surface area contributed by atoms with Gasteiger partial charge in [0.1, 0.15) is 6.04 Å². The minimum absolute atomic E-state index is 0. The van der Waals surface area contributed by atoms with E-state index in [-0.39, 0.29) is 30.2 Å². The Morgan fingerprint density at radius 1 is 1.05 bits per heavy atom. The van der Waals surface area contributed by atoms with Gasteiger partial charge in [-0.1, -0.05) is 48.0 Å². The largest absolute Gasteiger partial charge is 0.350 e. The third-order valence-electron chi connectivity index (χ3n) is 5.85. The second-order valence-electron chi connectivity index (χ2n) is 8.13. The smallest absolute Gasteiger partial charge is 0.300 e. The highest BCUT2D eigenvalue weighted by atomic mass is 35.5. The van der Waals surface area contributed by atoms with Crippen molar-refractivity contribution < 1.29 is 23.2 Å². The molecule has 1 aliphatic rings. The lowest BCUT2D eigenvalue weighted by molar-refractivity contribution is -0.125. The van der Waals surface area contributed by atoms with Crippen LogP contribution in [0.2, 0.25) is 5.02 Å². The average molecular weight is 543 g/mol. The maximum absolute atomic E-state index is 14.1. The van der Waals surface area contributed by atoms with E-state index in [2.05, 4.69) is 15.3 Å². The van der Waals surface area contributed by atoms with E-state index in [0.29, 0.717) is 22.2 Å². The molecule has 2 heterocycles. The zero-order valence-electron chi connectivity index (χ0n) is 18.9. The van der Waals surface area contributed by atoms with Gasteiger partial charge in [0, 0.05) is 17.6 Å². The molecule has 1 aromatic heterocycles. The summed E-state index contributed by atoms with van der Waals surface area (Å²) in [6, 6.07) is 13.6. The first-order chi connectivity index (χ1) is 17.3. The summed E-state index contributed by atoms with van der Waals surface area (Å²) in [6.07, 6.45) is 3.15. The number of imidazole rings is 1. The van der Waals surface area contributed by atoms with Gasteiger partial charge in [-0.3, -0.25) is 19.3 Å². The van der Waals surface area contributed by atoms with Gasteiger partial charge in [0.05, 0.1) is 29.5 Å². The number of amides is 2. The SMILES string of the molecule is Cl.O=C1C(=O)N(C(C(=O)NCc2cccc(Cl)c2)c2ccc(-c3cnc[nH]3)cc2)c2cc(F)c(F)cc21. The molecule has 2 amide bonds. The maximum Gasteiger partial charge on any atom is 0.300 e. The molecule has 11 heteroatoms. The highest BCUT2D eigenvalue weighted by Crippen LogP contribution is 2.38. The first-order valence-corrected chi connectivity index (χ1v) is 11.2. The Morgan fingerprint density at radius 2 is 1.78 bits per heavy atom. The number of hydrogen-bond acceptors (Lipinski definition) is 4. The lowest BCUT2D eigenvalue weighted by Crippen LogP contribution is -2.43. The molecule has 0 aliphatic carbocycles. The first kappa shape index (κ1) is 26.0. The molecule has 1 atom stereocenters. The number of Topliss-reactive ketones (excluding diaryl/α,β-unsaturated/α-hetero) is 1. The van der Waals surface area contributed by atoms with Crippen LogP contribution in [0.4, 0.5) is 14.5 Å². The number of fused-ring (bicyclic) bond motifs is 1. The number of halogens is 4. The van der Waals surface area contributed by atoms with E-state index in [4.69, 9.17) is 11.6 Å². The van der Waals surface area contributed by atoms with Gasteiger partial charge in [0.25, 0.3) is 11.7 Å². The number of H-pyrrole nitrogens is 1. The fourth-order valence-electron chi connectivity index (χ4n) is 4.12. The second-order valence-corrected chi connectivity index (χ2v) is 8.56. The van der Waals surface area contributed by atoms with Crippen molar-refractivity contribution in [2.24, 2.45) is 0 Å². The molecule has 4 aromatic rings. The number of anilines is 1. The van der Waals surface area contributed by atoms with Crippen molar-refractivity contribution in [3.05, 3.63) is 107 Å². The van der Waals surface area contributed by atoms with Gasteiger partial charge in [-0.05, 0) is 34.9 Å². The van der Waals surface area contributed by atoms with Gasteiger partial charge < -0.3 is 10.3 Å². The third-order valence-corrected chi connectivity index (χ3v) is 6.09. The highest BCUT2D eigenvalue weighted by Gasteiger charge is 2.44. The molecule has 1 aliphatic heterocycles. The summed E-state index contributed by atoms with van der Waals surface area (Å²) < 4.78 is 28.0. The molecule has 0 saturated heterocycles. The number of ketones is 1. The molecule has 7 nitrogen and oxygen atoms in total. The molecule has 37 heavy (non-hydrogen) atoms. The monoisotopic (exact) mass is 542 g/mol. The number of nitrogens with zero attached hydrogens (tertiary/aromatic N) is 2. The van der Waals surface area contributed by atoms with E-state index < -0.39 is 35.3 Å². The van der Waals surface area contributed by atoms with Gasteiger partial charge in [-0.25, -0.2) is 13.8 Å². The van der Waals surface area contributed by atoms with Gasteiger partial charge in [0.15, 0.2) is 11.6 Å². The Morgan fingerprint density at radius 3 is 2.46 bits per heavy atom. The lowest BCUT2D eigenvalue weighted by Gasteiger charge is -2.28. The first-order valence-electron chi connectivity index (χ1n) is 10.8. The molecule has 1 unspecified atom stereocenters. The maximum atomic E-state index is 14.1. The number of aromatic nitrogens is 2. The summed E-state index contributed by atoms with van der Waals surface area (Å²) in [4.78, 5) is 47.0. The Labute approximate surface area is 220 Å². The zero-order valence-corrected chi connectivity index (χ0v) is 20.4. The van der Waals surface area contributed by atoms with Crippen molar-refractivity contribution >= 4 is 47.3 Å². The van der Waals surface area contributed by atoms with Crippen molar-refractivity contribution in [3.8, 4) is 11.3 Å². The summed E-state index contributed by atoms with van der Waals surface area (Å²) in [5.74, 6) is -5.21. The molecule has 0 radical (unpaired) electrons. The third kappa shape index (κ3) is 4.96. The van der Waals surface area contributed by atoms with Crippen LogP contribution in [-0.4, -0.2) is 27.6 Å². The predicted molar refractivity (Wildman–Crippen MR) is 135 cm³/mol. The molecule has 0 fully saturated rings. The summed E-state index contributed by atoms with van der Waals surface area (Å²) in [5, 5.41) is 3.23. The van der Waals surface area contributed by atoms with Crippen LogP contribution in [0.25, 0.3) is 11.3 Å². The number of rotatable bonds is 6. The number of benzene rings is 3. The average Bonchev–Trinajstić information content (AvgIpc) is 3.48. The summed E-state index contributed by atoms with van der Waals surface area (Å²) in [5.41, 5.74) is 2.10. The predicted octanol–water partition coefficient (Wildman–Crippen LogP) is 5.02. The van der Waals surface area contributed by atoms with Gasteiger partial charge in [-0.15, -0.1) is 12.4 Å². The quantitative estimate of drug-likeness (QED) is 0.334. The Kier molecular flexibility index (Phi) is 7.37. The molecule has 2 N–H and O–H groups in total. The number of nitrogens with one attached hydrogen (secondary N) is 2. The minimum Gasteiger partial charge on any atom is -0.350 e. The molecule has 0 saturated carbocycles. The van der Waals surface area contributed by atoms with Crippen molar-refractivity contribution in [1.82, 2.24) is 15.3 Å². The molecule has 3 aromatic carbocycles. The summed E-state index contributed by atoms with van der Waals surface area (Å²) in [6.45, 7) is 0.0860. The molecule has 188 valence electrons. The Bertz CT molecular complexity index is 1490. The van der Waals surface area contributed by atoms with Crippen LogP contribution < -0.4 is 10.2 Å². The molecule has 0 spiro atoms. The topological polar surface area (TPSA) is 95.2 Å². The van der Waals surface area contributed by atoms with E-state index in [9.17, 15) is 23.2 Å². The van der Waals surface area contributed by atoms with Crippen LogP contribution in [0.15, 0.2) is 73.2 Å². The molecular formula is C26H18Cl2F2N4O3. The van der Waals surface area contributed by atoms with Crippen molar-refractivity contribution in [3.63, 3.8) is 0 Å². The number of aromatic amines is 1. The number of hydrogen-bond donors (Lipinski definition) is 2. The zero-order chi connectivity index (χ0) is 25.4. The minimum atomic E-state index is -1.33. The van der Waals surface area contributed by atoms with Crippen molar-refractivity contribution in [2.75, 3.05) is 4.90 Å². The molecular weight excluding hydrogens is 525 g/mol. The van der Waals surface area contributed by atoms with Crippen LogP contribution in [0.3, 0.4) is 0 Å². The molecule has 0 bridgehead atoms. The van der Waals surface area contributed by atoms with Crippen molar-refractivity contribution in [2.45, 2.75) is 12.6 Å². The number of carbonyl (C=O) groups is 3. The van der Waals surface area contributed by atoms with Crippen LogP contribution in [-0.2, 0) is 16.1 Å². The fraction of sp³-hybridized carbons (Fsp3) is 0.0769. The van der Waals surface area contributed by atoms with Crippen LogP contribution >= 0.6 is 24.0 Å². The van der Waals surface area contributed by atoms with E-state index in [1.54, 1.807) is 54.7 Å². The van der Waals surface area contributed by atoms with Crippen LogP contribution in [0, 0.1) is 11.6 Å². The van der Waals surface area contributed by atoms with E-state index >= 15 is 0 Å². The van der Waals surface area contributed by atoms with Gasteiger partial charge in [-0.2, -0.15) is 0 Å². The lowest BCUT2D eigenvalue weighted by atomic mass is 10.0. The van der Waals surface area contributed by atoms with E-state index in [1.165, 1.54) is 6.33 Å². The normalized spacial score (nSPS) is 13.2. The summed E-state index contributed by atoms with van der Waals surface area (Å²) in [7, 11) is 0. The fourth-order valence-corrected chi connectivity index (χ4v) is 4.33. The van der Waals surface area contributed by atoms with Gasteiger partial charge in [0.2, 0.25) is 5.91 Å². The van der Waals surface area contributed by atoms with Crippen LogP contribution in [0.1, 0.15) is 27.5 Å². The Balaban J connectivity index is 0.00000320. The van der Waals surface area contributed by atoms with E-state index in [1.807, 2.05) is 0 Å². The van der Waals surface area contributed by atoms with Gasteiger partial charge >= 0.3 is 0 Å². The number of carbonyl (C=O) groups excluding carboxylic acids is 3. The van der Waals surface area contributed by atoms with Crippen LogP contribution in [0.5, 0.6) is 0 Å². The van der Waals surface area contributed by atoms with E-state index in [0.717, 1.165) is 22.2 Å². The highest BCUT2D eigenvalue weighted by molar-refractivity contribution is 6.52. The molecule has 5 rings (SSSR count). The Hall–Kier alpha value is -4.08. The second kappa shape index (κ2) is 10.5.